The van der Waals surface area contributed by atoms with Crippen LogP contribution in [0, 0.1) is 5.92 Å². The van der Waals surface area contributed by atoms with E-state index in [-0.39, 0.29) is 18.2 Å². The average Bonchev–Trinajstić information content (AvgIpc) is 3.38. The minimum Gasteiger partial charge on any atom is -0.435 e. The van der Waals surface area contributed by atoms with Crippen LogP contribution < -0.4 is 10.1 Å². The molecule has 0 radical (unpaired) electrons. The zero-order chi connectivity index (χ0) is 19.8. The van der Waals surface area contributed by atoms with Crippen LogP contribution in [0.15, 0.2) is 24.3 Å². The first-order valence-corrected chi connectivity index (χ1v) is 8.64. The molecule has 0 bridgehead atoms. The Balaban J connectivity index is 1.70. The maximum Gasteiger partial charge on any atom is 0.387 e. The lowest BCUT2D eigenvalue weighted by Crippen LogP contribution is -2.44. The van der Waals surface area contributed by atoms with Crippen molar-refractivity contribution >= 4 is 17.8 Å². The highest BCUT2D eigenvalue weighted by molar-refractivity contribution is 6.09. The van der Waals surface area contributed by atoms with Crippen LogP contribution in [0.25, 0.3) is 0 Å². The van der Waals surface area contributed by atoms with E-state index in [1.165, 1.54) is 36.1 Å². The number of carbonyl (C=O) groups excluding carboxylic acids is 3. The van der Waals surface area contributed by atoms with Gasteiger partial charge in [-0.25, -0.2) is 4.79 Å². The van der Waals surface area contributed by atoms with Gasteiger partial charge < -0.3 is 15.0 Å². The summed E-state index contributed by atoms with van der Waals surface area (Å²) in [5.41, 5.74) is -0.973. The fraction of sp³-hybridized carbons (Fsp3) is 0.500. The van der Waals surface area contributed by atoms with Gasteiger partial charge in [-0.2, -0.15) is 8.78 Å². The molecule has 27 heavy (non-hydrogen) atoms. The summed E-state index contributed by atoms with van der Waals surface area (Å²) in [5, 5.41) is 2.58. The summed E-state index contributed by atoms with van der Waals surface area (Å²) in [5.74, 6) is -0.428. The van der Waals surface area contributed by atoms with Crippen molar-refractivity contribution in [2.24, 2.45) is 5.92 Å². The number of hydrogen-bond acceptors (Lipinski definition) is 4. The maximum atomic E-state index is 12.8. The number of hydrogen-bond donors (Lipinski definition) is 1. The molecular formula is C18H21F2N3O4. The third kappa shape index (κ3) is 4.01. The Morgan fingerprint density at radius 1 is 1.33 bits per heavy atom. The number of halogens is 2. The van der Waals surface area contributed by atoms with Crippen molar-refractivity contribution in [2.75, 3.05) is 20.1 Å². The Bertz CT molecular complexity index is 751. The Kier molecular flexibility index (Phi) is 5.03. The van der Waals surface area contributed by atoms with E-state index in [1.54, 1.807) is 7.05 Å². The van der Waals surface area contributed by atoms with E-state index in [4.69, 9.17) is 0 Å². The molecule has 4 amide bonds. The molecule has 0 spiro atoms. The first kappa shape index (κ1) is 19.1. The fourth-order valence-electron chi connectivity index (χ4n) is 3.05. The largest absolute Gasteiger partial charge is 0.435 e. The highest BCUT2D eigenvalue weighted by Crippen LogP contribution is 2.31. The lowest BCUT2D eigenvalue weighted by molar-refractivity contribution is -0.138. The number of amides is 4. The van der Waals surface area contributed by atoms with Crippen molar-refractivity contribution in [1.29, 1.82) is 0 Å². The normalized spacial score (nSPS) is 22.2. The first-order chi connectivity index (χ1) is 12.7. The predicted octanol–water partition coefficient (Wildman–Crippen LogP) is 1.92. The molecule has 0 aromatic heterocycles. The number of nitrogens with one attached hydrogen (secondary N) is 1. The first-order valence-electron chi connectivity index (χ1n) is 8.64. The number of benzene rings is 1. The molecule has 0 unspecified atom stereocenters. The third-order valence-electron chi connectivity index (χ3n) is 4.88. The van der Waals surface area contributed by atoms with Crippen LogP contribution in [0.2, 0.25) is 0 Å². The van der Waals surface area contributed by atoms with Crippen molar-refractivity contribution < 1.29 is 27.9 Å². The number of urea groups is 1. The van der Waals surface area contributed by atoms with E-state index in [1.807, 2.05) is 0 Å². The van der Waals surface area contributed by atoms with Crippen molar-refractivity contribution in [3.8, 4) is 5.75 Å². The zero-order valence-corrected chi connectivity index (χ0v) is 15.1. The van der Waals surface area contributed by atoms with E-state index in [2.05, 4.69) is 10.1 Å². The van der Waals surface area contributed by atoms with Crippen molar-refractivity contribution in [3.63, 3.8) is 0 Å². The summed E-state index contributed by atoms with van der Waals surface area (Å²) in [6.45, 7) is -1.16. The second kappa shape index (κ2) is 7.13. The molecule has 1 aliphatic heterocycles. The lowest BCUT2D eigenvalue weighted by Gasteiger charge is -2.23. The van der Waals surface area contributed by atoms with E-state index >= 15 is 0 Å². The van der Waals surface area contributed by atoms with Gasteiger partial charge in [-0.15, -0.1) is 0 Å². The molecule has 146 valence electrons. The topological polar surface area (TPSA) is 79.0 Å². The van der Waals surface area contributed by atoms with Crippen LogP contribution in [-0.4, -0.2) is 54.4 Å². The van der Waals surface area contributed by atoms with Crippen LogP contribution >= 0.6 is 0 Å². The Hall–Kier alpha value is -2.71. The van der Waals surface area contributed by atoms with Gasteiger partial charge in [0, 0.05) is 13.6 Å². The SMILES string of the molecule is CN(CC1CC1)C(=O)CN1C(=O)N[C@@](C)(c2ccc(OC(F)F)cc2)C1=O. The summed E-state index contributed by atoms with van der Waals surface area (Å²) in [7, 11) is 1.65. The number of nitrogens with zero attached hydrogens (tertiary/aromatic N) is 2. The molecule has 1 heterocycles. The van der Waals surface area contributed by atoms with Gasteiger partial charge in [0.2, 0.25) is 5.91 Å². The summed E-state index contributed by atoms with van der Waals surface area (Å²) >= 11 is 0. The molecule has 1 N–H and O–H groups in total. The Labute approximate surface area is 155 Å². The van der Waals surface area contributed by atoms with E-state index in [0.29, 0.717) is 18.0 Å². The van der Waals surface area contributed by atoms with Crippen LogP contribution in [0.5, 0.6) is 5.75 Å². The number of alkyl halides is 2. The molecule has 1 saturated heterocycles. The van der Waals surface area contributed by atoms with Gasteiger partial charge in [-0.1, -0.05) is 12.1 Å². The standard InChI is InChI=1S/C18H21F2N3O4/c1-18(12-5-7-13(8-6-12)27-16(19)20)15(25)23(17(26)21-18)10-14(24)22(2)9-11-3-4-11/h5-8,11,16H,3-4,9-10H2,1-2H3,(H,21,26)/t18-/m0/s1. The molecule has 9 heteroatoms. The second-order valence-electron chi connectivity index (χ2n) is 7.07. The third-order valence-corrected chi connectivity index (χ3v) is 4.88. The van der Waals surface area contributed by atoms with Crippen molar-refractivity contribution in [1.82, 2.24) is 15.1 Å². The molecule has 1 saturated carbocycles. The number of rotatable bonds is 7. The molecule has 1 aliphatic carbocycles. The van der Waals surface area contributed by atoms with E-state index in [0.717, 1.165) is 17.7 Å². The van der Waals surface area contributed by atoms with Crippen LogP contribution in [0.3, 0.4) is 0 Å². The minimum absolute atomic E-state index is 0.0529. The van der Waals surface area contributed by atoms with Gasteiger partial charge in [0.05, 0.1) is 0 Å². The van der Waals surface area contributed by atoms with Gasteiger partial charge in [-0.05, 0) is 43.4 Å². The van der Waals surface area contributed by atoms with Crippen LogP contribution in [-0.2, 0) is 15.1 Å². The van der Waals surface area contributed by atoms with Crippen molar-refractivity contribution in [2.45, 2.75) is 31.9 Å². The number of carbonyl (C=O) groups is 3. The summed E-state index contributed by atoms with van der Waals surface area (Å²) < 4.78 is 28.8. The monoisotopic (exact) mass is 381 g/mol. The molecule has 3 rings (SSSR count). The molecule has 1 aromatic rings. The molecule has 2 aliphatic rings. The molecule has 7 nitrogen and oxygen atoms in total. The van der Waals surface area contributed by atoms with Gasteiger partial charge in [0.15, 0.2) is 0 Å². The second-order valence-corrected chi connectivity index (χ2v) is 7.07. The predicted molar refractivity (Wildman–Crippen MR) is 91.0 cm³/mol. The Morgan fingerprint density at radius 3 is 2.52 bits per heavy atom. The van der Waals surface area contributed by atoms with Gasteiger partial charge in [0.25, 0.3) is 5.91 Å². The summed E-state index contributed by atoms with van der Waals surface area (Å²) in [4.78, 5) is 39.8. The van der Waals surface area contributed by atoms with E-state index < -0.39 is 24.1 Å². The quantitative estimate of drug-likeness (QED) is 0.732. The maximum absolute atomic E-state index is 12.8. The van der Waals surface area contributed by atoms with Crippen molar-refractivity contribution in [3.05, 3.63) is 29.8 Å². The fourth-order valence-corrected chi connectivity index (χ4v) is 3.05. The highest BCUT2D eigenvalue weighted by Gasteiger charge is 2.49. The Morgan fingerprint density at radius 2 is 1.96 bits per heavy atom. The van der Waals surface area contributed by atoms with Gasteiger partial charge in [-0.3, -0.25) is 14.5 Å². The van der Waals surface area contributed by atoms with E-state index in [9.17, 15) is 23.2 Å². The zero-order valence-electron chi connectivity index (χ0n) is 15.1. The lowest BCUT2D eigenvalue weighted by atomic mass is 9.92. The minimum atomic E-state index is -2.95. The van der Waals surface area contributed by atoms with Crippen LogP contribution in [0.4, 0.5) is 13.6 Å². The molecule has 1 aromatic carbocycles. The number of ether oxygens (including phenoxy) is 1. The van der Waals surface area contributed by atoms with Gasteiger partial charge >= 0.3 is 12.6 Å². The average molecular weight is 381 g/mol. The smallest absolute Gasteiger partial charge is 0.387 e. The summed E-state index contributed by atoms with van der Waals surface area (Å²) in [6.07, 6.45) is 2.17. The van der Waals surface area contributed by atoms with Crippen LogP contribution in [0.1, 0.15) is 25.3 Å². The highest BCUT2D eigenvalue weighted by atomic mass is 19.3. The molecular weight excluding hydrogens is 360 g/mol. The molecule has 2 fully saturated rings. The molecule has 1 atom stereocenters. The summed E-state index contributed by atoms with van der Waals surface area (Å²) in [6, 6.07) is 4.79. The van der Waals surface area contributed by atoms with Gasteiger partial charge in [0.1, 0.15) is 17.8 Å². The number of imide groups is 1. The number of likely N-dealkylation sites (N-methyl/N-ethyl adjacent to an activating group) is 1.